The number of aromatic nitrogens is 3. The average molecular weight is 259 g/mol. The van der Waals surface area contributed by atoms with Gasteiger partial charge >= 0.3 is 6.01 Å². The summed E-state index contributed by atoms with van der Waals surface area (Å²) in [5, 5.41) is 13.7. The number of anilines is 1. The van der Waals surface area contributed by atoms with Crippen LogP contribution in [0, 0.1) is 0 Å². The molecule has 0 radical (unpaired) electrons. The molecule has 0 aliphatic rings. The summed E-state index contributed by atoms with van der Waals surface area (Å²) in [4.78, 5) is 4.24. The molecular formula is C9H11ClN4OS. The van der Waals surface area contributed by atoms with Crippen molar-refractivity contribution in [1.29, 1.82) is 0 Å². The molecule has 5 nitrogen and oxygen atoms in total. The Labute approximate surface area is 102 Å². The van der Waals surface area contributed by atoms with Crippen molar-refractivity contribution in [2.45, 2.75) is 18.7 Å². The summed E-state index contributed by atoms with van der Waals surface area (Å²) in [5.74, 6) is 0.967. The maximum atomic E-state index is 5.55. The van der Waals surface area contributed by atoms with Crippen LogP contribution in [0.2, 0.25) is 0 Å². The molecule has 16 heavy (non-hydrogen) atoms. The van der Waals surface area contributed by atoms with Crippen LogP contribution >= 0.6 is 22.9 Å². The van der Waals surface area contributed by atoms with Crippen molar-refractivity contribution in [3.8, 4) is 0 Å². The third-order valence-corrected chi connectivity index (χ3v) is 3.25. The molecule has 0 spiro atoms. The van der Waals surface area contributed by atoms with Gasteiger partial charge in [0.05, 0.1) is 5.01 Å². The summed E-state index contributed by atoms with van der Waals surface area (Å²) in [6.07, 6.45) is 1.80. The van der Waals surface area contributed by atoms with Gasteiger partial charge in [-0.2, -0.15) is 0 Å². The van der Waals surface area contributed by atoms with E-state index in [1.807, 2.05) is 5.38 Å². The minimum atomic E-state index is 0.233. The fourth-order valence-corrected chi connectivity index (χ4v) is 1.99. The topological polar surface area (TPSA) is 63.8 Å². The Kier molecular flexibility index (Phi) is 3.74. The van der Waals surface area contributed by atoms with Crippen LogP contribution in [0.1, 0.15) is 23.7 Å². The van der Waals surface area contributed by atoms with Gasteiger partial charge < -0.3 is 9.73 Å². The number of hydrogen-bond acceptors (Lipinski definition) is 6. The molecule has 0 amide bonds. The molecule has 86 valence electrons. The lowest BCUT2D eigenvalue weighted by Gasteiger charge is -2.07. The number of halogens is 1. The minimum Gasteiger partial charge on any atom is -0.407 e. The molecule has 1 unspecified atom stereocenters. The van der Waals surface area contributed by atoms with Crippen LogP contribution in [0.3, 0.4) is 0 Å². The predicted octanol–water partition coefficient (Wildman–Crippen LogP) is 2.48. The van der Waals surface area contributed by atoms with Gasteiger partial charge in [0, 0.05) is 24.0 Å². The molecular weight excluding hydrogens is 248 g/mol. The largest absolute Gasteiger partial charge is 0.407 e. The summed E-state index contributed by atoms with van der Waals surface area (Å²) in [5.41, 5.74) is 0. The number of alkyl halides is 1. The number of rotatable bonds is 5. The van der Waals surface area contributed by atoms with Gasteiger partial charge in [-0.1, -0.05) is 12.0 Å². The molecule has 0 saturated heterocycles. The molecule has 0 aliphatic heterocycles. The van der Waals surface area contributed by atoms with E-state index in [0.29, 0.717) is 24.4 Å². The zero-order valence-electron chi connectivity index (χ0n) is 8.68. The second kappa shape index (κ2) is 5.27. The maximum absolute atomic E-state index is 5.55. The lowest BCUT2D eigenvalue weighted by atomic mass is 10.2. The van der Waals surface area contributed by atoms with Crippen molar-refractivity contribution in [3.63, 3.8) is 0 Å². The molecule has 2 aromatic rings. The Morgan fingerprint density at radius 3 is 3.06 bits per heavy atom. The van der Waals surface area contributed by atoms with E-state index in [-0.39, 0.29) is 5.88 Å². The molecule has 0 saturated carbocycles. The number of nitrogens with one attached hydrogen (secondary N) is 1. The highest BCUT2D eigenvalue weighted by atomic mass is 35.5. The van der Waals surface area contributed by atoms with Crippen molar-refractivity contribution in [3.05, 3.63) is 22.5 Å². The monoisotopic (exact) mass is 258 g/mol. The summed E-state index contributed by atoms with van der Waals surface area (Å²) >= 11 is 7.19. The fourth-order valence-electron chi connectivity index (χ4n) is 1.18. The first-order valence-corrected chi connectivity index (χ1v) is 6.22. The normalized spacial score (nSPS) is 12.6. The van der Waals surface area contributed by atoms with Crippen molar-refractivity contribution >= 4 is 29.0 Å². The van der Waals surface area contributed by atoms with Gasteiger partial charge in [-0.3, -0.25) is 0 Å². The summed E-state index contributed by atoms with van der Waals surface area (Å²) in [7, 11) is 0. The summed E-state index contributed by atoms with van der Waals surface area (Å²) in [6.45, 7) is 2.79. The van der Waals surface area contributed by atoms with Crippen molar-refractivity contribution in [2.75, 3.05) is 11.9 Å². The van der Waals surface area contributed by atoms with Gasteiger partial charge in [0.25, 0.3) is 0 Å². The highest BCUT2D eigenvalue weighted by Gasteiger charge is 2.10. The standard InChI is InChI=1S/C9H11ClN4OS/c1-6(8-11-2-3-16-8)5-12-9-14-13-7(4-10)15-9/h2-3,6H,4-5H2,1H3,(H,12,14). The van der Waals surface area contributed by atoms with E-state index in [9.17, 15) is 0 Å². The van der Waals surface area contributed by atoms with E-state index in [0.717, 1.165) is 5.01 Å². The quantitative estimate of drug-likeness (QED) is 0.835. The number of hydrogen-bond donors (Lipinski definition) is 1. The molecule has 7 heteroatoms. The van der Waals surface area contributed by atoms with Crippen LogP contribution in [-0.4, -0.2) is 21.7 Å². The Balaban J connectivity index is 1.87. The van der Waals surface area contributed by atoms with Crippen molar-refractivity contribution in [2.24, 2.45) is 0 Å². The Morgan fingerprint density at radius 2 is 2.44 bits per heavy atom. The van der Waals surface area contributed by atoms with E-state index in [4.69, 9.17) is 16.0 Å². The first kappa shape index (κ1) is 11.3. The van der Waals surface area contributed by atoms with E-state index in [2.05, 4.69) is 27.4 Å². The number of nitrogens with zero attached hydrogens (tertiary/aromatic N) is 3. The van der Waals surface area contributed by atoms with E-state index < -0.39 is 0 Å². The van der Waals surface area contributed by atoms with Crippen LogP contribution in [0.25, 0.3) is 0 Å². The first-order chi connectivity index (χ1) is 7.79. The van der Waals surface area contributed by atoms with Crippen LogP contribution in [0.4, 0.5) is 6.01 Å². The van der Waals surface area contributed by atoms with Gasteiger partial charge in [-0.25, -0.2) is 4.98 Å². The summed E-state index contributed by atoms with van der Waals surface area (Å²) in [6, 6.07) is 0.402. The molecule has 1 N–H and O–H groups in total. The fraction of sp³-hybridized carbons (Fsp3) is 0.444. The Hall–Kier alpha value is -1.14. The molecule has 0 fully saturated rings. The molecule has 0 aliphatic carbocycles. The van der Waals surface area contributed by atoms with Gasteiger partial charge in [-0.15, -0.1) is 28.0 Å². The highest BCUT2D eigenvalue weighted by molar-refractivity contribution is 7.09. The third-order valence-electron chi connectivity index (χ3n) is 2.01. The van der Waals surface area contributed by atoms with Gasteiger partial charge in [-0.05, 0) is 0 Å². The first-order valence-electron chi connectivity index (χ1n) is 4.81. The van der Waals surface area contributed by atoms with Crippen LogP contribution in [0.5, 0.6) is 0 Å². The van der Waals surface area contributed by atoms with Gasteiger partial charge in [0.2, 0.25) is 5.89 Å². The minimum absolute atomic E-state index is 0.233. The number of thiazole rings is 1. The lowest BCUT2D eigenvalue weighted by molar-refractivity contribution is 0.523. The SMILES string of the molecule is CC(CNc1nnc(CCl)o1)c1nccs1. The van der Waals surface area contributed by atoms with Crippen LogP contribution in [-0.2, 0) is 5.88 Å². The second-order valence-electron chi connectivity index (χ2n) is 3.29. The van der Waals surface area contributed by atoms with Gasteiger partial charge in [0.15, 0.2) is 0 Å². The molecule has 1 atom stereocenters. The van der Waals surface area contributed by atoms with Crippen molar-refractivity contribution in [1.82, 2.24) is 15.2 Å². The Morgan fingerprint density at radius 1 is 1.56 bits per heavy atom. The second-order valence-corrected chi connectivity index (χ2v) is 4.48. The van der Waals surface area contributed by atoms with Gasteiger partial charge in [0.1, 0.15) is 5.88 Å². The zero-order valence-corrected chi connectivity index (χ0v) is 10.3. The predicted molar refractivity (Wildman–Crippen MR) is 62.9 cm³/mol. The highest BCUT2D eigenvalue weighted by Crippen LogP contribution is 2.18. The zero-order chi connectivity index (χ0) is 11.4. The van der Waals surface area contributed by atoms with E-state index >= 15 is 0 Å². The third kappa shape index (κ3) is 2.70. The molecule has 2 rings (SSSR count). The molecule has 2 heterocycles. The van der Waals surface area contributed by atoms with E-state index in [1.165, 1.54) is 0 Å². The Bertz CT molecular complexity index is 430. The lowest BCUT2D eigenvalue weighted by Crippen LogP contribution is -2.09. The van der Waals surface area contributed by atoms with Crippen LogP contribution in [0.15, 0.2) is 16.0 Å². The van der Waals surface area contributed by atoms with E-state index in [1.54, 1.807) is 17.5 Å². The average Bonchev–Trinajstić information content (AvgIpc) is 2.96. The van der Waals surface area contributed by atoms with Crippen molar-refractivity contribution < 1.29 is 4.42 Å². The van der Waals surface area contributed by atoms with Crippen LogP contribution < -0.4 is 5.32 Å². The smallest absolute Gasteiger partial charge is 0.315 e. The summed E-state index contributed by atoms with van der Waals surface area (Å²) < 4.78 is 5.22. The molecule has 0 bridgehead atoms. The molecule has 2 aromatic heterocycles. The molecule has 0 aromatic carbocycles. The maximum Gasteiger partial charge on any atom is 0.315 e.